The molecular weight excluding hydrogens is 425 g/mol. The third-order valence-corrected chi connectivity index (χ3v) is 6.85. The molecule has 5 heterocycles. The van der Waals surface area contributed by atoms with Crippen molar-refractivity contribution in [1.29, 1.82) is 0 Å². The summed E-state index contributed by atoms with van der Waals surface area (Å²) in [5, 5.41) is 6.64. The van der Waals surface area contributed by atoms with Gasteiger partial charge < -0.3 is 10.6 Å². The Hall–Kier alpha value is -1.67. The van der Waals surface area contributed by atoms with Crippen molar-refractivity contribution in [2.75, 3.05) is 26.2 Å². The minimum absolute atomic E-state index is 0. The van der Waals surface area contributed by atoms with Crippen LogP contribution in [0.1, 0.15) is 36.0 Å². The first-order valence-electron chi connectivity index (χ1n) is 10.4. The van der Waals surface area contributed by atoms with Gasteiger partial charge in [-0.15, -0.1) is 24.8 Å². The Bertz CT molecular complexity index is 952. The zero-order valence-corrected chi connectivity index (χ0v) is 18.5. The number of nitrogens with zero attached hydrogens (tertiary/aromatic N) is 3. The standard InChI is InChI=1S/C21H27N5O2.2ClH/c27-20(16-12-23-19-6-2-4-8-26(19)21(16)28)24-13-18-15-9-14(10-22-11-15)17-5-1-3-7-25(17)18;;/h2,4,6,8,12,14-15,17-18,22H,1,3,5,7,9-11,13H2,(H,24,27);2*1H/t14-,15+,17+,18+;;/m1../s1. The number of fused-ring (bicyclic) bond motifs is 5. The van der Waals surface area contributed by atoms with Crippen LogP contribution in [0.25, 0.3) is 5.65 Å². The maximum absolute atomic E-state index is 12.8. The molecule has 164 valence electrons. The Balaban J connectivity index is 0.00000128. The van der Waals surface area contributed by atoms with Crippen LogP contribution in [0.15, 0.2) is 35.4 Å². The highest BCUT2D eigenvalue weighted by molar-refractivity contribution is 5.93. The molecule has 2 bridgehead atoms. The van der Waals surface area contributed by atoms with Gasteiger partial charge in [-0.2, -0.15) is 0 Å². The molecule has 4 atom stereocenters. The molecule has 0 aromatic carbocycles. The van der Waals surface area contributed by atoms with E-state index in [1.165, 1.54) is 36.3 Å². The van der Waals surface area contributed by atoms with Gasteiger partial charge in [0.1, 0.15) is 11.2 Å². The summed E-state index contributed by atoms with van der Waals surface area (Å²) in [6, 6.07) is 6.32. The van der Waals surface area contributed by atoms with Gasteiger partial charge in [-0.1, -0.05) is 12.5 Å². The van der Waals surface area contributed by atoms with Gasteiger partial charge in [-0.3, -0.25) is 18.9 Å². The van der Waals surface area contributed by atoms with Gasteiger partial charge in [-0.05, 0) is 62.9 Å². The van der Waals surface area contributed by atoms with Gasteiger partial charge in [-0.25, -0.2) is 4.98 Å². The number of pyridine rings is 1. The third-order valence-electron chi connectivity index (χ3n) is 6.85. The maximum Gasteiger partial charge on any atom is 0.270 e. The van der Waals surface area contributed by atoms with Crippen molar-refractivity contribution in [1.82, 2.24) is 24.9 Å². The molecular formula is C21H29Cl2N5O2. The van der Waals surface area contributed by atoms with Crippen LogP contribution in [0.3, 0.4) is 0 Å². The van der Waals surface area contributed by atoms with Crippen LogP contribution in [-0.2, 0) is 0 Å². The van der Waals surface area contributed by atoms with E-state index in [9.17, 15) is 9.59 Å². The Labute approximate surface area is 188 Å². The van der Waals surface area contributed by atoms with E-state index < -0.39 is 0 Å². The summed E-state index contributed by atoms with van der Waals surface area (Å²) in [7, 11) is 0. The quantitative estimate of drug-likeness (QED) is 0.739. The summed E-state index contributed by atoms with van der Waals surface area (Å²) >= 11 is 0. The predicted molar refractivity (Wildman–Crippen MR) is 121 cm³/mol. The van der Waals surface area contributed by atoms with E-state index in [4.69, 9.17) is 0 Å². The number of aromatic nitrogens is 2. The monoisotopic (exact) mass is 453 g/mol. The Morgan fingerprint density at radius 2 is 2.03 bits per heavy atom. The van der Waals surface area contributed by atoms with Crippen molar-refractivity contribution in [2.45, 2.75) is 37.8 Å². The highest BCUT2D eigenvalue weighted by atomic mass is 35.5. The van der Waals surface area contributed by atoms with Crippen molar-refractivity contribution in [3.8, 4) is 0 Å². The van der Waals surface area contributed by atoms with Crippen LogP contribution in [0.4, 0.5) is 0 Å². The fourth-order valence-electron chi connectivity index (χ4n) is 5.52. The van der Waals surface area contributed by atoms with Crippen molar-refractivity contribution < 1.29 is 4.79 Å². The SMILES string of the molecule is Cl.Cl.O=C(NC[C@H]1[C@@H]2CNC[C@@H](C2)[C@@H]2CCCCN21)c1cnc2ccccn2c1=O. The van der Waals surface area contributed by atoms with E-state index >= 15 is 0 Å². The number of carbonyl (C=O) groups excluding carboxylic acids is 1. The molecule has 9 heteroatoms. The Morgan fingerprint density at radius 3 is 2.90 bits per heavy atom. The Morgan fingerprint density at radius 1 is 1.20 bits per heavy atom. The van der Waals surface area contributed by atoms with Gasteiger partial charge in [0.2, 0.25) is 0 Å². The second-order valence-corrected chi connectivity index (χ2v) is 8.40. The second kappa shape index (κ2) is 9.64. The molecule has 1 amide bonds. The number of piperidine rings is 3. The van der Waals surface area contributed by atoms with Crippen LogP contribution in [0, 0.1) is 11.8 Å². The lowest BCUT2D eigenvalue weighted by Crippen LogP contribution is -2.65. The summed E-state index contributed by atoms with van der Waals surface area (Å²) < 4.78 is 1.42. The first-order valence-corrected chi connectivity index (χ1v) is 10.4. The zero-order chi connectivity index (χ0) is 19.1. The van der Waals surface area contributed by atoms with Crippen LogP contribution in [0.5, 0.6) is 0 Å². The molecule has 0 saturated carbocycles. The number of nitrogens with one attached hydrogen (secondary N) is 2. The first-order chi connectivity index (χ1) is 13.7. The number of amides is 1. The lowest BCUT2D eigenvalue weighted by atomic mass is 9.73. The number of halogens is 2. The summed E-state index contributed by atoms with van der Waals surface area (Å²) in [5.41, 5.74) is 0.336. The van der Waals surface area contributed by atoms with E-state index in [0.717, 1.165) is 25.6 Å². The summed E-state index contributed by atoms with van der Waals surface area (Å²) in [5.74, 6) is 0.972. The minimum Gasteiger partial charge on any atom is -0.350 e. The molecule has 3 aliphatic heterocycles. The fraction of sp³-hybridized carbons (Fsp3) is 0.571. The van der Waals surface area contributed by atoms with Gasteiger partial charge >= 0.3 is 0 Å². The normalized spacial score (nSPS) is 28.0. The molecule has 3 saturated heterocycles. The summed E-state index contributed by atoms with van der Waals surface area (Å²) in [6.45, 7) is 3.85. The van der Waals surface area contributed by atoms with Gasteiger partial charge in [0.05, 0.1) is 0 Å². The number of rotatable bonds is 3. The lowest BCUT2D eigenvalue weighted by molar-refractivity contribution is -0.0371. The smallest absolute Gasteiger partial charge is 0.270 e. The molecule has 0 unspecified atom stereocenters. The van der Waals surface area contributed by atoms with Crippen LogP contribution in [0.2, 0.25) is 0 Å². The average Bonchev–Trinajstić information content (AvgIpc) is 2.74. The van der Waals surface area contributed by atoms with E-state index in [1.54, 1.807) is 18.3 Å². The molecule has 2 aromatic rings. The van der Waals surface area contributed by atoms with Gasteiger partial charge in [0, 0.05) is 31.0 Å². The minimum atomic E-state index is -0.324. The van der Waals surface area contributed by atoms with Crippen molar-refractivity contribution in [3.63, 3.8) is 0 Å². The molecule has 2 N–H and O–H groups in total. The summed E-state index contributed by atoms with van der Waals surface area (Å²) in [4.78, 5) is 32.4. The van der Waals surface area contributed by atoms with Gasteiger partial charge in [0.25, 0.3) is 11.5 Å². The molecule has 0 aliphatic carbocycles. The third kappa shape index (κ3) is 4.08. The largest absolute Gasteiger partial charge is 0.350 e. The zero-order valence-electron chi connectivity index (χ0n) is 16.8. The van der Waals surface area contributed by atoms with Crippen LogP contribution < -0.4 is 16.2 Å². The highest BCUT2D eigenvalue weighted by Crippen LogP contribution is 2.38. The van der Waals surface area contributed by atoms with Crippen molar-refractivity contribution in [3.05, 3.63) is 46.5 Å². The first kappa shape index (κ1) is 23.0. The molecule has 5 rings (SSSR count). The second-order valence-electron chi connectivity index (χ2n) is 8.40. The molecule has 0 spiro atoms. The average molecular weight is 454 g/mol. The van der Waals surface area contributed by atoms with E-state index in [0.29, 0.717) is 30.2 Å². The predicted octanol–water partition coefficient (Wildman–Crippen LogP) is 1.73. The topological polar surface area (TPSA) is 78.7 Å². The number of hydrogen-bond acceptors (Lipinski definition) is 5. The maximum atomic E-state index is 12.8. The number of hydrogen-bond donors (Lipinski definition) is 2. The molecule has 3 fully saturated rings. The fourth-order valence-corrected chi connectivity index (χ4v) is 5.52. The van der Waals surface area contributed by atoms with Crippen LogP contribution in [-0.4, -0.2) is 58.5 Å². The van der Waals surface area contributed by atoms with Crippen LogP contribution >= 0.6 is 24.8 Å². The molecule has 0 radical (unpaired) electrons. The lowest BCUT2D eigenvalue weighted by Gasteiger charge is -2.55. The van der Waals surface area contributed by atoms with Gasteiger partial charge in [0.15, 0.2) is 0 Å². The van der Waals surface area contributed by atoms with E-state index in [1.807, 2.05) is 6.07 Å². The molecule has 30 heavy (non-hydrogen) atoms. The van der Waals surface area contributed by atoms with Crippen molar-refractivity contribution in [2.24, 2.45) is 11.8 Å². The molecule has 2 aromatic heterocycles. The van der Waals surface area contributed by atoms with E-state index in [-0.39, 0.29) is 41.8 Å². The van der Waals surface area contributed by atoms with E-state index in [2.05, 4.69) is 20.5 Å². The van der Waals surface area contributed by atoms with Crippen molar-refractivity contribution >= 4 is 36.4 Å². The summed E-state index contributed by atoms with van der Waals surface area (Å²) in [6.07, 6.45) is 8.10. The number of carbonyl (C=O) groups is 1. The Kier molecular flexibility index (Phi) is 7.39. The highest BCUT2D eigenvalue weighted by Gasteiger charge is 2.45. The molecule has 3 aliphatic rings. The molecule has 7 nitrogen and oxygen atoms in total.